The third kappa shape index (κ3) is 29.5. The maximum Gasteiger partial charge on any atom is 0.330 e. The lowest BCUT2D eigenvalue weighted by Crippen LogP contribution is -2.27. The van der Waals surface area contributed by atoms with Gasteiger partial charge in [-0.05, 0) is 82.5 Å². The highest BCUT2D eigenvalue weighted by Crippen LogP contribution is 2.58. The van der Waals surface area contributed by atoms with Crippen molar-refractivity contribution in [2.75, 3.05) is 39.6 Å². The first kappa shape index (κ1) is 55.4. The predicted molar refractivity (Wildman–Crippen MR) is 226 cm³/mol. The fraction of sp³-hybridized carbons (Fsp3) is 0.609. The molecule has 12 heteroatoms. The van der Waals surface area contributed by atoms with Gasteiger partial charge in [0, 0.05) is 41.9 Å². The third-order valence-corrected chi connectivity index (χ3v) is 9.41. The van der Waals surface area contributed by atoms with E-state index in [1.54, 1.807) is 52.4 Å². The summed E-state index contributed by atoms with van der Waals surface area (Å²) in [5.74, 6) is 2.40. The van der Waals surface area contributed by atoms with Crippen LogP contribution in [-0.2, 0) is 57.2 Å². The van der Waals surface area contributed by atoms with E-state index in [9.17, 15) is 28.8 Å². The molecule has 4 unspecified atom stereocenters. The number of fused-ring (bicyclic) bond motifs is 5. The Labute approximate surface area is 348 Å². The third-order valence-electron chi connectivity index (χ3n) is 9.41. The van der Waals surface area contributed by atoms with Crippen molar-refractivity contribution < 1.29 is 57.2 Å². The highest BCUT2D eigenvalue weighted by Gasteiger charge is 2.48. The van der Waals surface area contributed by atoms with E-state index in [0.29, 0.717) is 26.4 Å². The number of unbranched alkanes of at least 4 members (excludes halogenated alkanes) is 6. The molecule has 0 aromatic carbocycles. The molecular formula is C46H72O12. The van der Waals surface area contributed by atoms with E-state index < -0.39 is 17.4 Å². The molecule has 0 saturated heterocycles. The van der Waals surface area contributed by atoms with Crippen molar-refractivity contribution in [1.82, 2.24) is 0 Å². The molecule has 0 N–H and O–H groups in total. The van der Waals surface area contributed by atoms with E-state index in [1.165, 1.54) is 35.8 Å². The number of hydrogen-bond donors (Lipinski definition) is 0. The van der Waals surface area contributed by atoms with Gasteiger partial charge in [0.25, 0.3) is 0 Å². The Hall–Kier alpha value is -4.74. The molecule has 3 aliphatic rings. The van der Waals surface area contributed by atoms with Crippen molar-refractivity contribution in [3.05, 3.63) is 75.9 Å². The van der Waals surface area contributed by atoms with Gasteiger partial charge in [-0.1, -0.05) is 91.8 Å². The number of rotatable bonds is 22. The Kier molecular flexibility index (Phi) is 33.8. The molecule has 4 atom stereocenters. The first-order chi connectivity index (χ1) is 27.7. The van der Waals surface area contributed by atoms with Crippen LogP contribution in [0.2, 0.25) is 0 Å². The van der Waals surface area contributed by atoms with Gasteiger partial charge in [-0.2, -0.15) is 0 Å². The summed E-state index contributed by atoms with van der Waals surface area (Å²) >= 11 is 0. The van der Waals surface area contributed by atoms with E-state index >= 15 is 0 Å². The number of ether oxygens (including phenoxy) is 6. The molecular weight excluding hydrogens is 744 g/mol. The van der Waals surface area contributed by atoms with Crippen LogP contribution >= 0.6 is 0 Å². The molecule has 2 bridgehead atoms. The lowest BCUT2D eigenvalue weighted by molar-refractivity contribution is -0.146. The van der Waals surface area contributed by atoms with Crippen molar-refractivity contribution in [3.8, 4) is 0 Å². The van der Waals surface area contributed by atoms with Crippen molar-refractivity contribution >= 4 is 35.8 Å². The van der Waals surface area contributed by atoms with Gasteiger partial charge in [-0.3, -0.25) is 0 Å². The Morgan fingerprint density at radius 3 is 1.05 bits per heavy atom. The summed E-state index contributed by atoms with van der Waals surface area (Å²) in [6.07, 6.45) is 23.7. The van der Waals surface area contributed by atoms with E-state index in [2.05, 4.69) is 48.9 Å². The minimum atomic E-state index is -0.488. The molecule has 0 spiro atoms. The topological polar surface area (TPSA) is 158 Å². The minimum Gasteiger partial charge on any atom is -0.463 e. The zero-order chi connectivity index (χ0) is 44.2. The fourth-order valence-electron chi connectivity index (χ4n) is 6.66. The molecule has 0 heterocycles. The maximum atomic E-state index is 10.8. The van der Waals surface area contributed by atoms with Crippen molar-refractivity contribution in [2.45, 2.75) is 111 Å². The molecule has 3 aliphatic carbocycles. The average Bonchev–Trinajstić information content (AvgIpc) is 3.99. The molecule has 12 nitrogen and oxygen atoms in total. The number of hydrogen-bond acceptors (Lipinski definition) is 12. The lowest BCUT2D eigenvalue weighted by atomic mass is 9.82. The lowest BCUT2D eigenvalue weighted by Gasteiger charge is -2.23. The van der Waals surface area contributed by atoms with Crippen LogP contribution in [0.5, 0.6) is 0 Å². The number of esters is 6. The van der Waals surface area contributed by atoms with Gasteiger partial charge in [-0.25, -0.2) is 28.8 Å². The Balaban J connectivity index is 0. The minimum absolute atomic E-state index is 0.169. The second-order valence-electron chi connectivity index (χ2n) is 14.5. The highest BCUT2D eigenvalue weighted by molar-refractivity contribution is 5.82. The van der Waals surface area contributed by atoms with Crippen LogP contribution in [0.4, 0.5) is 0 Å². The summed E-state index contributed by atoms with van der Waals surface area (Å²) in [6.45, 7) is 28.9. The van der Waals surface area contributed by atoms with E-state index in [-0.39, 0.29) is 37.1 Å². The van der Waals surface area contributed by atoms with Gasteiger partial charge in [-0.15, -0.1) is 0 Å². The fourth-order valence-corrected chi connectivity index (χ4v) is 6.66. The van der Waals surface area contributed by atoms with Crippen LogP contribution in [-0.4, -0.2) is 75.5 Å². The first-order valence-electron chi connectivity index (χ1n) is 20.4. The maximum absolute atomic E-state index is 10.8. The SMILES string of the molecule is C1CC2C3CCC(C3)C2C1.C=CC(=O)OCC.C=CC(=O)OCC.C=CC(=O)OCC(C)(C)COC(=O)C=C.C=CC(=O)OCCCCCCCCCOC(=O)C=C. The summed E-state index contributed by atoms with van der Waals surface area (Å²) in [6, 6.07) is 0. The highest BCUT2D eigenvalue weighted by atomic mass is 16.6. The molecule has 3 saturated carbocycles. The summed E-state index contributed by atoms with van der Waals surface area (Å²) in [5.41, 5.74) is -0.419. The molecule has 3 fully saturated rings. The van der Waals surface area contributed by atoms with Crippen LogP contribution in [0, 0.1) is 29.1 Å². The van der Waals surface area contributed by atoms with E-state index in [4.69, 9.17) is 18.9 Å². The first-order valence-corrected chi connectivity index (χ1v) is 20.4. The Morgan fingerprint density at radius 2 is 0.759 bits per heavy atom. The average molecular weight is 817 g/mol. The Bertz CT molecular complexity index is 1190. The normalized spacial score (nSPS) is 17.6. The number of carbonyl (C=O) groups excluding carboxylic acids is 6. The molecule has 0 aromatic rings. The zero-order valence-corrected chi connectivity index (χ0v) is 35.9. The molecule has 0 radical (unpaired) electrons. The Morgan fingerprint density at radius 1 is 0.466 bits per heavy atom. The second kappa shape index (κ2) is 35.4. The van der Waals surface area contributed by atoms with E-state index in [0.717, 1.165) is 69.2 Å². The molecule has 0 aliphatic heterocycles. The standard InChI is InChI=1S/C15H24O4.C11H16O4.C10H16.2C5H8O2/c1-3-14(16)18-12-10-8-6-5-7-9-11-13-19-15(17)4-2;1-5-9(12)14-7-11(3,4)8-15-10(13)6-2;1-2-9-7-4-5-8(6-7)10(9)3-1;2*1-3-5(6)7-4-2/h3-4H,1-2,5-13H2;5-6H,1-2,7-8H2,3-4H3;7-10H,1-6H2;2*3H,1,4H2,2H3. The monoisotopic (exact) mass is 817 g/mol. The smallest absolute Gasteiger partial charge is 0.330 e. The van der Waals surface area contributed by atoms with Gasteiger partial charge in [0.2, 0.25) is 0 Å². The summed E-state index contributed by atoms with van der Waals surface area (Å²) in [5, 5.41) is 0. The van der Waals surface area contributed by atoms with Crippen molar-refractivity contribution in [3.63, 3.8) is 0 Å². The number of carbonyl (C=O) groups is 6. The van der Waals surface area contributed by atoms with Gasteiger partial charge >= 0.3 is 35.8 Å². The predicted octanol–water partition coefficient (Wildman–Crippen LogP) is 8.95. The summed E-state index contributed by atoms with van der Waals surface area (Å²) in [4.78, 5) is 63.2. The van der Waals surface area contributed by atoms with Crippen LogP contribution < -0.4 is 0 Å². The van der Waals surface area contributed by atoms with Crippen LogP contribution in [0.25, 0.3) is 0 Å². The largest absolute Gasteiger partial charge is 0.463 e. The van der Waals surface area contributed by atoms with Crippen molar-refractivity contribution in [1.29, 1.82) is 0 Å². The van der Waals surface area contributed by atoms with Gasteiger partial charge in [0.05, 0.1) is 39.6 Å². The molecule has 0 amide bonds. The van der Waals surface area contributed by atoms with Gasteiger partial charge < -0.3 is 28.4 Å². The van der Waals surface area contributed by atoms with Crippen LogP contribution in [0.15, 0.2) is 75.9 Å². The van der Waals surface area contributed by atoms with E-state index in [1.807, 2.05) is 13.8 Å². The van der Waals surface area contributed by atoms with Crippen molar-refractivity contribution in [2.24, 2.45) is 29.1 Å². The van der Waals surface area contributed by atoms with Crippen LogP contribution in [0.1, 0.15) is 111 Å². The summed E-state index contributed by atoms with van der Waals surface area (Å²) < 4.78 is 28.3. The molecule has 0 aromatic heterocycles. The quantitative estimate of drug-likeness (QED) is 0.0443. The summed E-state index contributed by atoms with van der Waals surface area (Å²) in [7, 11) is 0. The van der Waals surface area contributed by atoms with Gasteiger partial charge in [0.1, 0.15) is 0 Å². The molecule has 3 rings (SSSR count). The molecule has 328 valence electrons. The zero-order valence-electron chi connectivity index (χ0n) is 35.9. The van der Waals surface area contributed by atoms with Crippen LogP contribution in [0.3, 0.4) is 0 Å². The molecule has 58 heavy (non-hydrogen) atoms. The van der Waals surface area contributed by atoms with Gasteiger partial charge in [0.15, 0.2) is 0 Å². The second-order valence-corrected chi connectivity index (χ2v) is 14.5.